The van der Waals surface area contributed by atoms with Crippen LogP contribution in [0.3, 0.4) is 0 Å². The molecule has 3 aromatic rings. The summed E-state index contributed by atoms with van der Waals surface area (Å²) in [5, 5.41) is 29.2. The minimum absolute atomic E-state index is 0.117. The van der Waals surface area contributed by atoms with Gasteiger partial charge in [-0.25, -0.2) is 0 Å². The minimum Gasteiger partial charge on any atom is -0.388 e. The normalized spacial score (nSPS) is 20.8. The van der Waals surface area contributed by atoms with E-state index in [0.717, 1.165) is 80.2 Å². The van der Waals surface area contributed by atoms with E-state index < -0.39 is 6.10 Å². The molecule has 0 aliphatic carbocycles. The number of hydrogen-bond acceptors (Lipinski definition) is 8. The Balaban J connectivity index is 1.37. The Morgan fingerprint density at radius 2 is 1.94 bits per heavy atom. The molecule has 0 spiro atoms. The Bertz CT molecular complexity index is 1060. The molecule has 5 rings (SSSR count). The van der Waals surface area contributed by atoms with Crippen molar-refractivity contribution in [3.63, 3.8) is 0 Å². The molecule has 1 N–H and O–H groups in total. The molecule has 2 aliphatic heterocycles. The summed E-state index contributed by atoms with van der Waals surface area (Å²) in [6.45, 7) is 9.07. The van der Waals surface area contributed by atoms with Crippen LogP contribution in [-0.2, 0) is 4.74 Å². The fourth-order valence-electron chi connectivity index (χ4n) is 4.73. The molecule has 2 aromatic heterocycles. The van der Waals surface area contributed by atoms with Gasteiger partial charge in [0.25, 0.3) is 0 Å². The molecule has 0 amide bonds. The van der Waals surface area contributed by atoms with Crippen LogP contribution in [0.25, 0.3) is 10.9 Å². The molecule has 0 radical (unpaired) electrons. The third-order valence-electron chi connectivity index (χ3n) is 6.59. The van der Waals surface area contributed by atoms with Gasteiger partial charge in [0.05, 0.1) is 25.5 Å². The number of ether oxygens (including phenoxy) is 1. The number of nitrogens with zero attached hydrogens (tertiary/aromatic N) is 7. The second-order valence-electron chi connectivity index (χ2n) is 9.05. The zero-order valence-electron chi connectivity index (χ0n) is 18.8. The van der Waals surface area contributed by atoms with E-state index in [-0.39, 0.29) is 12.0 Å². The lowest BCUT2D eigenvalue weighted by molar-refractivity contribution is 0.0979. The quantitative estimate of drug-likeness (QED) is 0.651. The predicted molar refractivity (Wildman–Crippen MR) is 123 cm³/mol. The molecule has 2 fully saturated rings. The second-order valence-corrected chi connectivity index (χ2v) is 9.05. The van der Waals surface area contributed by atoms with Gasteiger partial charge in [-0.1, -0.05) is 0 Å². The number of anilines is 2. The molecule has 1 unspecified atom stereocenters. The molecular formula is C23H31N7O2. The van der Waals surface area contributed by atoms with E-state index in [1.165, 1.54) is 0 Å². The second kappa shape index (κ2) is 8.99. The van der Waals surface area contributed by atoms with Crippen molar-refractivity contribution in [2.24, 2.45) is 5.92 Å². The number of morpholine rings is 1. The minimum atomic E-state index is -0.542. The number of aliphatic hydroxyl groups is 1. The Morgan fingerprint density at radius 1 is 1.09 bits per heavy atom. The highest BCUT2D eigenvalue weighted by molar-refractivity contribution is 5.91. The van der Waals surface area contributed by atoms with Gasteiger partial charge in [-0.05, 0) is 50.1 Å². The molecule has 0 saturated carbocycles. The van der Waals surface area contributed by atoms with Crippen LogP contribution in [-0.4, -0.2) is 69.7 Å². The molecule has 170 valence electrons. The van der Waals surface area contributed by atoms with E-state index in [2.05, 4.69) is 62.4 Å². The van der Waals surface area contributed by atoms with Crippen molar-refractivity contribution in [3.05, 3.63) is 36.2 Å². The largest absolute Gasteiger partial charge is 0.388 e. The Kier molecular flexibility index (Phi) is 5.93. The first-order valence-electron chi connectivity index (χ1n) is 11.5. The van der Waals surface area contributed by atoms with Crippen LogP contribution in [0, 0.1) is 5.92 Å². The lowest BCUT2D eigenvalue weighted by Crippen LogP contribution is -2.38. The summed E-state index contributed by atoms with van der Waals surface area (Å²) >= 11 is 0. The number of aliphatic hydroxyl groups excluding tert-OH is 1. The summed E-state index contributed by atoms with van der Waals surface area (Å²) in [5.41, 5.74) is 2.87. The molecule has 4 heterocycles. The van der Waals surface area contributed by atoms with Crippen LogP contribution < -0.4 is 9.80 Å². The van der Waals surface area contributed by atoms with E-state index in [9.17, 15) is 5.11 Å². The fraction of sp³-hybridized carbons (Fsp3) is 0.565. The maximum absolute atomic E-state index is 11.1. The monoisotopic (exact) mass is 437 g/mol. The van der Waals surface area contributed by atoms with Crippen molar-refractivity contribution < 1.29 is 9.84 Å². The van der Waals surface area contributed by atoms with Crippen LogP contribution in [0.15, 0.2) is 30.6 Å². The maximum Gasteiger partial charge on any atom is 0.162 e. The zero-order chi connectivity index (χ0) is 22.1. The highest BCUT2D eigenvalue weighted by atomic mass is 16.5. The van der Waals surface area contributed by atoms with Crippen LogP contribution in [0.4, 0.5) is 11.5 Å². The van der Waals surface area contributed by atoms with Crippen molar-refractivity contribution >= 4 is 22.4 Å². The van der Waals surface area contributed by atoms with Crippen molar-refractivity contribution in [2.45, 2.75) is 38.8 Å². The third kappa shape index (κ3) is 4.14. The topological polar surface area (TPSA) is 92.4 Å². The van der Waals surface area contributed by atoms with Gasteiger partial charge in [-0.2, -0.15) is 5.10 Å². The molecule has 0 bridgehead atoms. The SMILES string of the molecule is CC(C)n1cc(C(O)[C@H]2CCCN(c3nnnc4cc(N5CCOCC5)ccc34)C2)cn1. The van der Waals surface area contributed by atoms with Crippen LogP contribution >= 0.6 is 0 Å². The standard InChI is InChI=1S/C23H31N7O2/c1-16(2)30-15-18(13-24-30)22(31)17-4-3-7-29(14-17)23-20-6-5-19(12-21(20)25-27-26-23)28-8-10-32-11-9-28/h5-6,12-13,15-17,22,31H,3-4,7-11,14H2,1-2H3/t17-,22?/m0/s1. The highest BCUT2D eigenvalue weighted by Crippen LogP contribution is 2.34. The Morgan fingerprint density at radius 3 is 2.72 bits per heavy atom. The van der Waals surface area contributed by atoms with Crippen molar-refractivity contribution in [2.75, 3.05) is 49.2 Å². The predicted octanol–water partition coefficient (Wildman–Crippen LogP) is 2.59. The lowest BCUT2D eigenvalue weighted by Gasteiger charge is -2.35. The summed E-state index contributed by atoms with van der Waals surface area (Å²) < 4.78 is 7.37. The van der Waals surface area contributed by atoms with Gasteiger partial charge in [0.15, 0.2) is 5.82 Å². The molecule has 2 saturated heterocycles. The van der Waals surface area contributed by atoms with Crippen molar-refractivity contribution in [3.8, 4) is 0 Å². The summed E-state index contributed by atoms with van der Waals surface area (Å²) in [6.07, 6.45) is 5.18. The average Bonchev–Trinajstić information content (AvgIpc) is 3.34. The maximum atomic E-state index is 11.1. The number of hydrogen-bond donors (Lipinski definition) is 1. The molecule has 2 aliphatic rings. The van der Waals surface area contributed by atoms with Gasteiger partial charge >= 0.3 is 0 Å². The summed E-state index contributed by atoms with van der Waals surface area (Å²) in [7, 11) is 0. The van der Waals surface area contributed by atoms with Gasteiger partial charge in [0.1, 0.15) is 5.52 Å². The number of piperidine rings is 1. The molecule has 9 nitrogen and oxygen atoms in total. The number of aromatic nitrogens is 5. The van der Waals surface area contributed by atoms with E-state index in [1.807, 2.05) is 10.9 Å². The van der Waals surface area contributed by atoms with E-state index in [1.54, 1.807) is 6.20 Å². The molecule has 32 heavy (non-hydrogen) atoms. The third-order valence-corrected chi connectivity index (χ3v) is 6.59. The van der Waals surface area contributed by atoms with Gasteiger partial charge < -0.3 is 19.6 Å². The summed E-state index contributed by atoms with van der Waals surface area (Å²) in [4.78, 5) is 4.56. The van der Waals surface area contributed by atoms with E-state index in [4.69, 9.17) is 4.74 Å². The first-order valence-corrected chi connectivity index (χ1v) is 11.5. The smallest absolute Gasteiger partial charge is 0.162 e. The van der Waals surface area contributed by atoms with Crippen molar-refractivity contribution in [1.29, 1.82) is 0 Å². The number of rotatable bonds is 5. The van der Waals surface area contributed by atoms with E-state index >= 15 is 0 Å². The highest BCUT2D eigenvalue weighted by Gasteiger charge is 2.29. The molecule has 2 atom stereocenters. The first kappa shape index (κ1) is 21.1. The average molecular weight is 438 g/mol. The zero-order valence-corrected chi connectivity index (χ0v) is 18.8. The van der Waals surface area contributed by atoms with Crippen LogP contribution in [0.1, 0.15) is 44.4 Å². The Labute approximate surface area is 188 Å². The van der Waals surface area contributed by atoms with Gasteiger partial charge in [0, 0.05) is 61.0 Å². The fourth-order valence-corrected chi connectivity index (χ4v) is 4.73. The number of fused-ring (bicyclic) bond motifs is 1. The lowest BCUT2D eigenvalue weighted by atomic mass is 9.89. The Hall–Kier alpha value is -2.78. The number of benzene rings is 1. The molecular weight excluding hydrogens is 406 g/mol. The van der Waals surface area contributed by atoms with E-state index in [0.29, 0.717) is 0 Å². The van der Waals surface area contributed by atoms with Gasteiger partial charge in [-0.15, -0.1) is 10.2 Å². The van der Waals surface area contributed by atoms with Crippen molar-refractivity contribution in [1.82, 2.24) is 25.2 Å². The molecule has 1 aromatic carbocycles. The van der Waals surface area contributed by atoms with Crippen LogP contribution in [0.2, 0.25) is 0 Å². The van der Waals surface area contributed by atoms with Crippen LogP contribution in [0.5, 0.6) is 0 Å². The first-order chi connectivity index (χ1) is 15.6. The molecule has 9 heteroatoms. The van der Waals surface area contributed by atoms with Gasteiger partial charge in [0.2, 0.25) is 0 Å². The summed E-state index contributed by atoms with van der Waals surface area (Å²) in [5.74, 6) is 0.963. The van der Waals surface area contributed by atoms with Gasteiger partial charge in [-0.3, -0.25) is 4.68 Å². The summed E-state index contributed by atoms with van der Waals surface area (Å²) in [6, 6.07) is 6.61.